The highest BCUT2D eigenvalue weighted by molar-refractivity contribution is 8.27. The van der Waals surface area contributed by atoms with Gasteiger partial charge in [-0.3, -0.25) is 9.69 Å². The Hall–Kier alpha value is -2.64. The number of anilines is 1. The summed E-state index contributed by atoms with van der Waals surface area (Å²) in [4.78, 5) is 25.3. The number of hydrogen-bond acceptors (Lipinski definition) is 5. The molecule has 0 radical (unpaired) electrons. The van der Waals surface area contributed by atoms with Gasteiger partial charge in [0, 0.05) is 0 Å². The first-order valence-corrected chi connectivity index (χ1v) is 8.06. The minimum Gasteiger partial charge on any atom is -0.872 e. The lowest BCUT2D eigenvalue weighted by atomic mass is 10.2. The van der Waals surface area contributed by atoms with Gasteiger partial charge in [0.25, 0.3) is 5.91 Å². The smallest absolute Gasteiger partial charge is 0.335 e. The van der Waals surface area contributed by atoms with E-state index in [0.717, 1.165) is 17.3 Å². The fourth-order valence-corrected chi connectivity index (χ4v) is 3.46. The maximum Gasteiger partial charge on any atom is 0.335 e. The number of carboxylic acid groups (broad SMARTS) is 1. The van der Waals surface area contributed by atoms with Crippen LogP contribution in [-0.2, 0) is 4.79 Å². The maximum absolute atomic E-state index is 12.6. The van der Waals surface area contributed by atoms with Crippen molar-refractivity contribution in [2.45, 2.75) is 0 Å². The zero-order chi connectivity index (χ0) is 17.3. The van der Waals surface area contributed by atoms with Crippen molar-refractivity contribution >= 4 is 51.9 Å². The van der Waals surface area contributed by atoms with Crippen molar-refractivity contribution in [1.29, 1.82) is 0 Å². The Morgan fingerprint density at radius 1 is 1.12 bits per heavy atom. The Labute approximate surface area is 147 Å². The molecule has 1 aliphatic rings. The summed E-state index contributed by atoms with van der Waals surface area (Å²) in [5.41, 5.74) is 1.38. The van der Waals surface area contributed by atoms with Gasteiger partial charge in [0.2, 0.25) is 0 Å². The second-order valence-corrected chi connectivity index (χ2v) is 6.61. The SMILES string of the molecule is O=C(O)c1ccc(N2C(=O)/C(=C\c3ccc([O-])cc3)SC2=S)cc1. The van der Waals surface area contributed by atoms with E-state index < -0.39 is 5.97 Å². The van der Waals surface area contributed by atoms with Gasteiger partial charge in [0.15, 0.2) is 4.32 Å². The number of amides is 1. The second kappa shape index (κ2) is 6.46. The molecule has 0 saturated carbocycles. The van der Waals surface area contributed by atoms with Crippen LogP contribution in [-0.4, -0.2) is 21.3 Å². The molecule has 3 rings (SSSR count). The van der Waals surface area contributed by atoms with Crippen LogP contribution in [0.3, 0.4) is 0 Å². The van der Waals surface area contributed by atoms with Gasteiger partial charge >= 0.3 is 5.97 Å². The van der Waals surface area contributed by atoms with Crippen molar-refractivity contribution in [2.75, 3.05) is 4.90 Å². The van der Waals surface area contributed by atoms with E-state index in [9.17, 15) is 14.7 Å². The first kappa shape index (κ1) is 16.2. The van der Waals surface area contributed by atoms with Crippen LogP contribution in [0.2, 0.25) is 0 Å². The molecule has 1 fully saturated rings. The highest BCUT2D eigenvalue weighted by Gasteiger charge is 2.33. The number of rotatable bonds is 3. The van der Waals surface area contributed by atoms with Gasteiger partial charge < -0.3 is 10.2 Å². The lowest BCUT2D eigenvalue weighted by Crippen LogP contribution is -2.27. The molecule has 0 unspecified atom stereocenters. The summed E-state index contributed by atoms with van der Waals surface area (Å²) >= 11 is 6.42. The summed E-state index contributed by atoms with van der Waals surface area (Å²) in [6.45, 7) is 0. The molecule has 5 nitrogen and oxygen atoms in total. The molecule has 0 bridgehead atoms. The van der Waals surface area contributed by atoms with Crippen LogP contribution in [0.5, 0.6) is 5.75 Å². The quantitative estimate of drug-likeness (QED) is 0.673. The molecule has 1 aliphatic heterocycles. The van der Waals surface area contributed by atoms with Crippen LogP contribution in [0.1, 0.15) is 15.9 Å². The number of carboxylic acids is 1. The van der Waals surface area contributed by atoms with Crippen LogP contribution >= 0.6 is 24.0 Å². The molecule has 1 N–H and O–H groups in total. The standard InChI is InChI=1S/C17H11NO4S2/c19-13-7-1-10(2-8-13)9-14-15(20)18(17(23)24-14)12-5-3-11(4-6-12)16(21)22/h1-9,19H,(H,21,22)/p-1/b14-9+. The second-order valence-electron chi connectivity index (χ2n) is 4.94. The summed E-state index contributed by atoms with van der Waals surface area (Å²) in [6, 6.07) is 12.1. The van der Waals surface area contributed by atoms with Crippen LogP contribution in [0.4, 0.5) is 5.69 Å². The highest BCUT2D eigenvalue weighted by Crippen LogP contribution is 2.36. The van der Waals surface area contributed by atoms with Crippen molar-refractivity contribution in [2.24, 2.45) is 0 Å². The number of benzene rings is 2. The molecule has 2 aromatic rings. The third-order valence-electron chi connectivity index (χ3n) is 3.34. The zero-order valence-corrected chi connectivity index (χ0v) is 13.8. The summed E-state index contributed by atoms with van der Waals surface area (Å²) in [7, 11) is 0. The summed E-state index contributed by atoms with van der Waals surface area (Å²) in [6.07, 6.45) is 1.67. The lowest BCUT2D eigenvalue weighted by Gasteiger charge is -2.14. The molecular weight excluding hydrogens is 346 g/mol. The Morgan fingerprint density at radius 2 is 1.75 bits per heavy atom. The molecule has 0 atom stereocenters. The van der Waals surface area contributed by atoms with E-state index >= 15 is 0 Å². The number of carbonyl (C=O) groups excluding carboxylic acids is 1. The van der Waals surface area contributed by atoms with Gasteiger partial charge in [-0.15, -0.1) is 5.75 Å². The average Bonchev–Trinajstić information content (AvgIpc) is 2.83. The topological polar surface area (TPSA) is 80.7 Å². The van der Waals surface area contributed by atoms with Gasteiger partial charge in [0.05, 0.1) is 16.2 Å². The molecule has 1 saturated heterocycles. The number of thioether (sulfide) groups is 1. The minimum absolute atomic E-state index is 0.0989. The van der Waals surface area contributed by atoms with Gasteiger partial charge in [0.1, 0.15) is 0 Å². The van der Waals surface area contributed by atoms with E-state index in [4.69, 9.17) is 17.3 Å². The summed E-state index contributed by atoms with van der Waals surface area (Å²) < 4.78 is 0.370. The number of carbonyl (C=O) groups is 2. The minimum atomic E-state index is -1.03. The third kappa shape index (κ3) is 3.17. The van der Waals surface area contributed by atoms with Crippen LogP contribution < -0.4 is 10.0 Å². The van der Waals surface area contributed by atoms with E-state index in [1.54, 1.807) is 30.3 Å². The normalized spacial score (nSPS) is 16.0. The predicted octanol–water partition coefficient (Wildman–Crippen LogP) is 2.86. The van der Waals surface area contributed by atoms with E-state index in [1.807, 2.05) is 0 Å². The van der Waals surface area contributed by atoms with Gasteiger partial charge in [-0.2, -0.15) is 0 Å². The number of thiocarbonyl (C=S) groups is 1. The molecule has 7 heteroatoms. The fraction of sp³-hybridized carbons (Fsp3) is 0. The Kier molecular flexibility index (Phi) is 4.37. The molecule has 1 heterocycles. The average molecular weight is 356 g/mol. The van der Waals surface area contributed by atoms with E-state index in [-0.39, 0.29) is 17.2 Å². The van der Waals surface area contributed by atoms with E-state index in [0.29, 0.717) is 14.9 Å². The largest absolute Gasteiger partial charge is 0.872 e. The van der Waals surface area contributed by atoms with Gasteiger partial charge in [-0.1, -0.05) is 48.2 Å². The first-order valence-electron chi connectivity index (χ1n) is 6.84. The monoisotopic (exact) mass is 356 g/mol. The van der Waals surface area contributed by atoms with Crippen molar-refractivity contribution in [1.82, 2.24) is 0 Å². The van der Waals surface area contributed by atoms with E-state index in [2.05, 4.69) is 0 Å². The first-order chi connectivity index (χ1) is 11.5. The molecule has 0 aliphatic carbocycles. The summed E-state index contributed by atoms with van der Waals surface area (Å²) in [5, 5.41) is 20.1. The lowest BCUT2D eigenvalue weighted by molar-refractivity contribution is -0.268. The number of nitrogens with zero attached hydrogens (tertiary/aromatic N) is 1. The van der Waals surface area contributed by atoms with Crippen molar-refractivity contribution in [3.8, 4) is 5.75 Å². The van der Waals surface area contributed by atoms with Crippen LogP contribution in [0.15, 0.2) is 53.4 Å². The Balaban J connectivity index is 1.88. The maximum atomic E-state index is 12.6. The molecule has 120 valence electrons. The fourth-order valence-electron chi connectivity index (χ4n) is 2.16. The Morgan fingerprint density at radius 3 is 2.33 bits per heavy atom. The van der Waals surface area contributed by atoms with Crippen molar-refractivity contribution in [3.05, 3.63) is 64.6 Å². The summed E-state index contributed by atoms with van der Waals surface area (Å²) in [5.74, 6) is -1.41. The number of hydrogen-bond donors (Lipinski definition) is 1. The molecular formula is C17H10NO4S2-. The van der Waals surface area contributed by atoms with Gasteiger partial charge in [-0.05, 0) is 35.9 Å². The van der Waals surface area contributed by atoms with Gasteiger partial charge in [-0.25, -0.2) is 4.79 Å². The number of aromatic carboxylic acids is 1. The van der Waals surface area contributed by atoms with Crippen LogP contribution in [0.25, 0.3) is 6.08 Å². The van der Waals surface area contributed by atoms with Crippen molar-refractivity contribution < 1.29 is 19.8 Å². The highest BCUT2D eigenvalue weighted by atomic mass is 32.2. The van der Waals surface area contributed by atoms with Crippen LogP contribution in [0, 0.1) is 0 Å². The Bertz CT molecular complexity index is 857. The third-order valence-corrected chi connectivity index (χ3v) is 4.65. The zero-order valence-electron chi connectivity index (χ0n) is 12.1. The molecule has 2 aromatic carbocycles. The van der Waals surface area contributed by atoms with E-state index in [1.165, 1.54) is 29.2 Å². The molecule has 0 spiro atoms. The van der Waals surface area contributed by atoms with Crippen molar-refractivity contribution in [3.63, 3.8) is 0 Å². The molecule has 0 aromatic heterocycles. The predicted molar refractivity (Wildman–Crippen MR) is 94.9 cm³/mol. The molecule has 24 heavy (non-hydrogen) atoms. The molecule has 1 amide bonds.